The van der Waals surface area contributed by atoms with Gasteiger partial charge in [0.15, 0.2) is 5.15 Å². The average Bonchev–Trinajstić information content (AvgIpc) is 2.88. The Morgan fingerprint density at radius 2 is 2.00 bits per heavy atom. The Balaban J connectivity index is 2.10. The molecule has 20 heavy (non-hydrogen) atoms. The summed E-state index contributed by atoms with van der Waals surface area (Å²) in [6.07, 6.45) is -2.55. The first-order valence-corrected chi connectivity index (χ1v) is 6.74. The van der Waals surface area contributed by atoms with Gasteiger partial charge in [0.25, 0.3) is 0 Å². The molecule has 3 rings (SSSR count). The van der Waals surface area contributed by atoms with Crippen LogP contribution >= 0.6 is 23.2 Å². The molecule has 1 aliphatic rings. The van der Waals surface area contributed by atoms with Crippen LogP contribution in [0.1, 0.15) is 11.8 Å². The molecule has 3 N–H and O–H groups in total. The van der Waals surface area contributed by atoms with Crippen molar-refractivity contribution in [1.29, 1.82) is 0 Å². The van der Waals surface area contributed by atoms with Gasteiger partial charge in [-0.15, -0.1) is 0 Å². The molecule has 0 spiro atoms. The molecule has 0 bridgehead atoms. The van der Waals surface area contributed by atoms with Crippen molar-refractivity contribution in [2.45, 2.75) is 24.4 Å². The molecule has 1 aliphatic heterocycles. The summed E-state index contributed by atoms with van der Waals surface area (Å²) in [5.74, 6) is 0. The first kappa shape index (κ1) is 14.1. The number of ether oxygens (including phenoxy) is 1. The molecule has 2 aromatic heterocycles. The summed E-state index contributed by atoms with van der Waals surface area (Å²) >= 11 is 12.0. The van der Waals surface area contributed by atoms with Crippen LogP contribution in [-0.2, 0) is 4.74 Å². The molecule has 0 amide bonds. The number of nitrogens with zero attached hydrogens (tertiary/aromatic N) is 2. The summed E-state index contributed by atoms with van der Waals surface area (Å²) < 4.78 is 7.07. The van der Waals surface area contributed by atoms with Crippen molar-refractivity contribution in [2.75, 3.05) is 6.61 Å². The van der Waals surface area contributed by atoms with Gasteiger partial charge in [0.05, 0.1) is 17.3 Å². The fourth-order valence-corrected chi connectivity index (χ4v) is 2.83. The second-order valence-electron chi connectivity index (χ2n) is 4.62. The van der Waals surface area contributed by atoms with Gasteiger partial charge < -0.3 is 20.1 Å². The Morgan fingerprint density at radius 1 is 1.25 bits per heavy atom. The van der Waals surface area contributed by atoms with Crippen molar-refractivity contribution in [1.82, 2.24) is 9.38 Å². The first-order valence-electron chi connectivity index (χ1n) is 5.98. The number of rotatable bonds is 2. The molecular formula is C12H12Cl2N2O4. The van der Waals surface area contributed by atoms with Crippen LogP contribution in [0.25, 0.3) is 5.65 Å². The van der Waals surface area contributed by atoms with Crippen LogP contribution in [-0.4, -0.2) is 49.6 Å². The van der Waals surface area contributed by atoms with Crippen LogP contribution < -0.4 is 0 Å². The van der Waals surface area contributed by atoms with E-state index in [1.807, 2.05) is 0 Å². The summed E-state index contributed by atoms with van der Waals surface area (Å²) in [6, 6.07) is 3.35. The number of aliphatic hydroxyl groups is 3. The highest BCUT2D eigenvalue weighted by Gasteiger charge is 2.45. The summed E-state index contributed by atoms with van der Waals surface area (Å²) in [5.41, 5.74) is 0.943. The van der Waals surface area contributed by atoms with E-state index < -0.39 is 31.0 Å². The van der Waals surface area contributed by atoms with Crippen molar-refractivity contribution in [3.63, 3.8) is 0 Å². The topological polar surface area (TPSA) is 87.2 Å². The van der Waals surface area contributed by atoms with E-state index in [1.54, 1.807) is 22.7 Å². The molecule has 3 heterocycles. The maximum Gasteiger partial charge on any atom is 0.154 e. The molecule has 1 unspecified atom stereocenters. The average molecular weight is 319 g/mol. The van der Waals surface area contributed by atoms with E-state index in [0.717, 1.165) is 0 Å². The summed E-state index contributed by atoms with van der Waals surface area (Å²) in [4.78, 5) is 4.14. The third kappa shape index (κ3) is 2.09. The molecule has 1 saturated heterocycles. The molecule has 0 radical (unpaired) electrons. The smallest absolute Gasteiger partial charge is 0.154 e. The molecule has 108 valence electrons. The maximum atomic E-state index is 10.1. The largest absolute Gasteiger partial charge is 0.394 e. The molecule has 0 saturated carbocycles. The van der Waals surface area contributed by atoms with Gasteiger partial charge in [0, 0.05) is 6.20 Å². The van der Waals surface area contributed by atoms with E-state index in [-0.39, 0.29) is 5.15 Å². The van der Waals surface area contributed by atoms with Gasteiger partial charge in [0.1, 0.15) is 30.1 Å². The zero-order chi connectivity index (χ0) is 14.4. The maximum absolute atomic E-state index is 10.1. The number of halogens is 2. The summed E-state index contributed by atoms with van der Waals surface area (Å²) in [6.45, 7) is -0.399. The number of fused-ring (bicyclic) bond motifs is 1. The van der Waals surface area contributed by atoms with Crippen LogP contribution in [0.3, 0.4) is 0 Å². The lowest BCUT2D eigenvalue weighted by Gasteiger charge is -2.15. The fraction of sp³-hybridized carbons (Fsp3) is 0.417. The van der Waals surface area contributed by atoms with Crippen LogP contribution in [0.15, 0.2) is 18.3 Å². The van der Waals surface area contributed by atoms with Crippen LogP contribution in [0.5, 0.6) is 0 Å². The van der Waals surface area contributed by atoms with E-state index in [4.69, 9.17) is 33.0 Å². The minimum absolute atomic E-state index is 0.155. The van der Waals surface area contributed by atoms with Gasteiger partial charge in [-0.25, -0.2) is 4.98 Å². The van der Waals surface area contributed by atoms with Gasteiger partial charge in [-0.1, -0.05) is 23.2 Å². The lowest BCUT2D eigenvalue weighted by Crippen LogP contribution is -2.32. The van der Waals surface area contributed by atoms with Crippen LogP contribution in [0, 0.1) is 0 Å². The van der Waals surface area contributed by atoms with Crippen LogP contribution in [0.4, 0.5) is 0 Å². The number of aliphatic hydroxyl groups excluding tert-OH is 3. The number of imidazole rings is 1. The number of hydrogen-bond acceptors (Lipinski definition) is 5. The molecule has 6 nitrogen and oxygen atoms in total. The summed E-state index contributed by atoms with van der Waals surface area (Å²) in [7, 11) is 0. The van der Waals surface area contributed by atoms with Gasteiger partial charge in [-0.3, -0.25) is 4.40 Å². The van der Waals surface area contributed by atoms with Crippen molar-refractivity contribution in [3.05, 3.63) is 34.2 Å². The number of hydrogen-bond donors (Lipinski definition) is 3. The zero-order valence-corrected chi connectivity index (χ0v) is 11.7. The molecule has 4 atom stereocenters. The highest BCUT2D eigenvalue weighted by molar-refractivity contribution is 6.31. The fourth-order valence-electron chi connectivity index (χ4n) is 2.39. The molecule has 0 aromatic carbocycles. The van der Waals surface area contributed by atoms with E-state index >= 15 is 0 Å². The highest BCUT2D eigenvalue weighted by atomic mass is 35.5. The van der Waals surface area contributed by atoms with Crippen molar-refractivity contribution >= 4 is 28.8 Å². The van der Waals surface area contributed by atoms with E-state index in [2.05, 4.69) is 4.98 Å². The number of pyridine rings is 1. The van der Waals surface area contributed by atoms with Crippen molar-refractivity contribution in [2.24, 2.45) is 0 Å². The minimum Gasteiger partial charge on any atom is -0.394 e. The predicted octanol–water partition coefficient (Wildman–Crippen LogP) is 0.795. The molecule has 2 aromatic rings. The van der Waals surface area contributed by atoms with Gasteiger partial charge in [-0.2, -0.15) is 0 Å². The zero-order valence-electron chi connectivity index (χ0n) is 10.1. The minimum atomic E-state index is -1.21. The Kier molecular flexibility index (Phi) is 3.62. The van der Waals surface area contributed by atoms with Gasteiger partial charge in [0.2, 0.25) is 0 Å². The normalized spacial score (nSPS) is 30.2. The highest BCUT2D eigenvalue weighted by Crippen LogP contribution is 2.37. The quantitative estimate of drug-likeness (QED) is 0.762. The van der Waals surface area contributed by atoms with E-state index in [0.29, 0.717) is 16.4 Å². The van der Waals surface area contributed by atoms with E-state index in [1.165, 1.54) is 0 Å². The standard InChI is InChI=1S/C12H12Cl2N2O4/c13-5-1-2-7-15-12(14)8(16(7)3-5)11-10(19)9(18)6(4-17)20-11/h1-3,6,9-11,17-19H,4H2/t6-,9-,10-,11?/m1/s1. The number of aromatic nitrogens is 2. The van der Waals surface area contributed by atoms with E-state index in [9.17, 15) is 10.2 Å². The van der Waals surface area contributed by atoms with Crippen molar-refractivity contribution < 1.29 is 20.1 Å². The van der Waals surface area contributed by atoms with Crippen molar-refractivity contribution in [3.8, 4) is 0 Å². The molecule has 0 aliphatic carbocycles. The first-order chi connectivity index (χ1) is 9.52. The van der Waals surface area contributed by atoms with Gasteiger partial charge in [-0.05, 0) is 12.1 Å². The third-order valence-corrected chi connectivity index (χ3v) is 3.89. The van der Waals surface area contributed by atoms with Gasteiger partial charge >= 0.3 is 0 Å². The van der Waals surface area contributed by atoms with Crippen LogP contribution in [0.2, 0.25) is 10.2 Å². The molecular weight excluding hydrogens is 307 g/mol. The third-order valence-electron chi connectivity index (χ3n) is 3.39. The Bertz CT molecular complexity index is 648. The second-order valence-corrected chi connectivity index (χ2v) is 5.42. The molecule has 8 heteroatoms. The monoisotopic (exact) mass is 318 g/mol. The lowest BCUT2D eigenvalue weighted by atomic mass is 10.1. The summed E-state index contributed by atoms with van der Waals surface area (Å²) in [5, 5.41) is 29.6. The SMILES string of the molecule is OC[C@H]1OC(c2c(Cl)nc3ccc(Cl)cn23)[C@H](O)[C@@H]1O. The lowest BCUT2D eigenvalue weighted by molar-refractivity contribution is -0.0241. The Hall–Kier alpha value is -0.890. The predicted molar refractivity (Wildman–Crippen MR) is 71.9 cm³/mol. The molecule has 1 fully saturated rings. The Morgan fingerprint density at radius 3 is 2.65 bits per heavy atom. The second kappa shape index (κ2) is 5.14. The Labute approximate surface area is 124 Å².